The van der Waals surface area contributed by atoms with Gasteiger partial charge in [-0.15, -0.1) is 0 Å². The summed E-state index contributed by atoms with van der Waals surface area (Å²) in [6.45, 7) is 3.49. The van der Waals surface area contributed by atoms with Gasteiger partial charge >= 0.3 is 5.69 Å². The molecular weight excluding hydrogens is 328 g/mol. The van der Waals surface area contributed by atoms with Crippen LogP contribution in [0.25, 0.3) is 10.9 Å². The fraction of sp³-hybridized carbons (Fsp3) is 0.333. The van der Waals surface area contributed by atoms with Crippen LogP contribution >= 0.6 is 0 Å². The van der Waals surface area contributed by atoms with E-state index in [1.807, 2.05) is 49.4 Å². The van der Waals surface area contributed by atoms with Gasteiger partial charge in [0.05, 0.1) is 30.1 Å². The van der Waals surface area contributed by atoms with E-state index in [4.69, 9.17) is 4.74 Å². The van der Waals surface area contributed by atoms with Crippen LogP contribution in [0.2, 0.25) is 0 Å². The number of fused-ring (bicyclic) bond motifs is 1. The predicted octanol–water partition coefficient (Wildman–Crippen LogP) is 2.70. The standard InChI is InChI=1S/C21H22N2O3/c1-15-8-10-16(11-9-15)13-22-19-7-3-2-6-18(19)20(24)23(21(22)25)14-17-5-4-12-26-17/h2-3,6-11,17H,4-5,12-14H2,1H3. The highest BCUT2D eigenvalue weighted by atomic mass is 16.5. The van der Waals surface area contributed by atoms with E-state index in [1.165, 1.54) is 10.1 Å². The molecule has 26 heavy (non-hydrogen) atoms. The maximum Gasteiger partial charge on any atom is 0.331 e. The predicted molar refractivity (Wildman–Crippen MR) is 102 cm³/mol. The van der Waals surface area contributed by atoms with Gasteiger partial charge in [0, 0.05) is 6.61 Å². The van der Waals surface area contributed by atoms with Crippen LogP contribution in [0.1, 0.15) is 24.0 Å². The summed E-state index contributed by atoms with van der Waals surface area (Å²) >= 11 is 0. The van der Waals surface area contributed by atoms with E-state index in [0.717, 1.165) is 18.4 Å². The van der Waals surface area contributed by atoms with Crippen molar-refractivity contribution in [3.63, 3.8) is 0 Å². The Morgan fingerprint density at radius 2 is 1.81 bits per heavy atom. The Balaban J connectivity index is 1.85. The van der Waals surface area contributed by atoms with Gasteiger partial charge in [-0.2, -0.15) is 0 Å². The second kappa shape index (κ2) is 6.92. The Morgan fingerprint density at radius 1 is 1.04 bits per heavy atom. The van der Waals surface area contributed by atoms with E-state index >= 15 is 0 Å². The molecule has 1 atom stereocenters. The molecule has 1 aromatic heterocycles. The first-order valence-corrected chi connectivity index (χ1v) is 9.03. The minimum atomic E-state index is -0.273. The van der Waals surface area contributed by atoms with Gasteiger partial charge in [-0.25, -0.2) is 4.79 Å². The monoisotopic (exact) mass is 350 g/mol. The molecular formula is C21H22N2O3. The zero-order valence-corrected chi connectivity index (χ0v) is 14.9. The van der Waals surface area contributed by atoms with Crippen LogP contribution in [-0.4, -0.2) is 21.8 Å². The SMILES string of the molecule is Cc1ccc(Cn2c(=O)n(CC3CCCO3)c(=O)c3ccccc32)cc1. The van der Waals surface area contributed by atoms with Crippen molar-refractivity contribution < 1.29 is 4.74 Å². The fourth-order valence-electron chi connectivity index (χ4n) is 3.55. The van der Waals surface area contributed by atoms with Gasteiger partial charge in [0.2, 0.25) is 0 Å². The van der Waals surface area contributed by atoms with E-state index in [-0.39, 0.29) is 17.4 Å². The normalized spacial score (nSPS) is 17.0. The maximum atomic E-state index is 13.1. The summed E-state index contributed by atoms with van der Waals surface area (Å²) in [4.78, 5) is 26.0. The van der Waals surface area contributed by atoms with Crippen molar-refractivity contribution in [1.29, 1.82) is 0 Å². The second-order valence-electron chi connectivity index (χ2n) is 6.92. The molecule has 134 valence electrons. The Kier molecular flexibility index (Phi) is 4.47. The first-order chi connectivity index (χ1) is 12.6. The molecule has 2 aromatic carbocycles. The number of rotatable bonds is 4. The van der Waals surface area contributed by atoms with Crippen LogP contribution in [0.15, 0.2) is 58.1 Å². The van der Waals surface area contributed by atoms with Crippen LogP contribution in [0.5, 0.6) is 0 Å². The van der Waals surface area contributed by atoms with Crippen molar-refractivity contribution in [2.75, 3.05) is 6.61 Å². The molecule has 1 unspecified atom stereocenters. The lowest BCUT2D eigenvalue weighted by molar-refractivity contribution is 0.0948. The van der Waals surface area contributed by atoms with Gasteiger partial charge in [-0.1, -0.05) is 42.0 Å². The number of hydrogen-bond donors (Lipinski definition) is 0. The first-order valence-electron chi connectivity index (χ1n) is 9.03. The van der Waals surface area contributed by atoms with Gasteiger partial charge in [-0.3, -0.25) is 13.9 Å². The van der Waals surface area contributed by atoms with Crippen LogP contribution in [-0.2, 0) is 17.8 Å². The quantitative estimate of drug-likeness (QED) is 0.727. The average molecular weight is 350 g/mol. The molecule has 1 saturated heterocycles. The van der Waals surface area contributed by atoms with Gasteiger partial charge in [0.1, 0.15) is 0 Å². The van der Waals surface area contributed by atoms with E-state index in [2.05, 4.69) is 0 Å². The highest BCUT2D eigenvalue weighted by molar-refractivity contribution is 5.77. The summed E-state index contributed by atoms with van der Waals surface area (Å²) in [7, 11) is 0. The molecule has 0 spiro atoms. The van der Waals surface area contributed by atoms with Crippen molar-refractivity contribution in [2.45, 2.75) is 39.0 Å². The second-order valence-corrected chi connectivity index (χ2v) is 6.92. The molecule has 1 aliphatic heterocycles. The number of aromatic nitrogens is 2. The number of aryl methyl sites for hydroxylation is 1. The molecule has 1 aliphatic rings. The zero-order chi connectivity index (χ0) is 18.1. The Bertz CT molecular complexity index is 1040. The number of benzene rings is 2. The lowest BCUT2D eigenvalue weighted by atomic mass is 10.1. The minimum Gasteiger partial charge on any atom is -0.376 e. The maximum absolute atomic E-state index is 13.1. The van der Waals surface area contributed by atoms with Crippen LogP contribution in [0.3, 0.4) is 0 Å². The molecule has 3 aromatic rings. The molecule has 2 heterocycles. The number of para-hydroxylation sites is 1. The minimum absolute atomic E-state index is 0.0608. The lowest BCUT2D eigenvalue weighted by Crippen LogP contribution is -2.42. The topological polar surface area (TPSA) is 53.2 Å². The number of ether oxygens (including phenoxy) is 1. The summed E-state index contributed by atoms with van der Waals surface area (Å²) in [6, 6.07) is 15.4. The molecule has 5 nitrogen and oxygen atoms in total. The van der Waals surface area contributed by atoms with E-state index < -0.39 is 0 Å². The molecule has 5 heteroatoms. The van der Waals surface area contributed by atoms with Crippen molar-refractivity contribution in [1.82, 2.24) is 9.13 Å². The van der Waals surface area contributed by atoms with E-state index in [9.17, 15) is 9.59 Å². The van der Waals surface area contributed by atoms with Gasteiger partial charge in [0.25, 0.3) is 5.56 Å². The zero-order valence-electron chi connectivity index (χ0n) is 14.9. The molecule has 0 aliphatic carbocycles. The summed E-state index contributed by atoms with van der Waals surface area (Å²) < 4.78 is 8.67. The van der Waals surface area contributed by atoms with Crippen molar-refractivity contribution in [3.8, 4) is 0 Å². The molecule has 0 N–H and O–H groups in total. The van der Waals surface area contributed by atoms with E-state index in [0.29, 0.717) is 30.6 Å². The summed E-state index contributed by atoms with van der Waals surface area (Å²) in [6.07, 6.45) is 1.80. The smallest absolute Gasteiger partial charge is 0.331 e. The molecule has 1 fully saturated rings. The number of hydrogen-bond acceptors (Lipinski definition) is 3. The molecule has 0 saturated carbocycles. The summed E-state index contributed by atoms with van der Waals surface area (Å²) in [5.41, 5.74) is 2.37. The fourth-order valence-corrected chi connectivity index (χ4v) is 3.55. The van der Waals surface area contributed by atoms with Crippen molar-refractivity contribution in [2.24, 2.45) is 0 Å². The third kappa shape index (κ3) is 3.10. The highest BCUT2D eigenvalue weighted by Gasteiger charge is 2.20. The van der Waals surface area contributed by atoms with Crippen molar-refractivity contribution >= 4 is 10.9 Å². The van der Waals surface area contributed by atoms with Crippen molar-refractivity contribution in [3.05, 3.63) is 80.5 Å². The Labute approximate surface area is 151 Å². The van der Waals surface area contributed by atoms with Gasteiger partial charge < -0.3 is 4.74 Å². The third-order valence-electron chi connectivity index (χ3n) is 5.00. The largest absolute Gasteiger partial charge is 0.376 e. The van der Waals surface area contributed by atoms with Gasteiger partial charge in [0.15, 0.2) is 0 Å². The molecule has 0 amide bonds. The first kappa shape index (κ1) is 16.8. The molecule has 4 rings (SSSR count). The lowest BCUT2D eigenvalue weighted by Gasteiger charge is -2.16. The molecule has 0 radical (unpaired) electrons. The van der Waals surface area contributed by atoms with Crippen LogP contribution in [0, 0.1) is 6.92 Å². The summed E-state index contributed by atoms with van der Waals surface area (Å²) in [5.74, 6) is 0. The Morgan fingerprint density at radius 3 is 2.54 bits per heavy atom. The van der Waals surface area contributed by atoms with Crippen LogP contribution < -0.4 is 11.2 Å². The van der Waals surface area contributed by atoms with E-state index in [1.54, 1.807) is 10.6 Å². The highest BCUT2D eigenvalue weighted by Crippen LogP contribution is 2.14. The number of nitrogens with zero attached hydrogens (tertiary/aromatic N) is 2. The van der Waals surface area contributed by atoms with Gasteiger partial charge in [-0.05, 0) is 37.5 Å². The average Bonchev–Trinajstić information content (AvgIpc) is 3.17. The molecule has 0 bridgehead atoms. The van der Waals surface area contributed by atoms with Crippen LogP contribution in [0.4, 0.5) is 0 Å². The third-order valence-corrected chi connectivity index (χ3v) is 5.00. The summed E-state index contributed by atoms with van der Waals surface area (Å²) in [5, 5.41) is 0.567. The Hall–Kier alpha value is -2.66.